The summed E-state index contributed by atoms with van der Waals surface area (Å²) in [5.41, 5.74) is 1.87. The van der Waals surface area contributed by atoms with E-state index in [9.17, 15) is 13.2 Å². The lowest BCUT2D eigenvalue weighted by molar-refractivity contribution is -0.115. The molecular formula is C19H21N3O3S3. The molecule has 148 valence electrons. The summed E-state index contributed by atoms with van der Waals surface area (Å²) in [6.07, 6.45) is 0.370. The third-order valence-electron chi connectivity index (χ3n) is 4.00. The molecule has 1 N–H and O–H groups in total. The molecule has 28 heavy (non-hydrogen) atoms. The zero-order valence-corrected chi connectivity index (χ0v) is 18.2. The minimum Gasteiger partial charge on any atom is -0.302 e. The Labute approximate surface area is 173 Å². The van der Waals surface area contributed by atoms with Crippen molar-refractivity contribution >= 4 is 54.4 Å². The van der Waals surface area contributed by atoms with Gasteiger partial charge in [0.15, 0.2) is 5.13 Å². The summed E-state index contributed by atoms with van der Waals surface area (Å²) >= 11 is 2.90. The van der Waals surface area contributed by atoms with Gasteiger partial charge in [0.05, 0.1) is 15.1 Å². The first-order chi connectivity index (χ1) is 13.3. The Kier molecular flexibility index (Phi) is 6.39. The number of aryl methyl sites for hydroxylation is 1. The Balaban J connectivity index is 1.62. The van der Waals surface area contributed by atoms with E-state index in [0.29, 0.717) is 27.5 Å². The van der Waals surface area contributed by atoms with Gasteiger partial charge >= 0.3 is 0 Å². The topological polar surface area (TPSA) is 79.4 Å². The number of carbonyl (C=O) groups is 1. The highest BCUT2D eigenvalue weighted by Crippen LogP contribution is 2.29. The second kappa shape index (κ2) is 8.60. The number of carbonyl (C=O) groups excluding carboxylic acids is 1. The third-order valence-corrected chi connectivity index (χ3v) is 7.76. The Hall–Kier alpha value is -1.94. The molecule has 3 aromatic rings. The maximum absolute atomic E-state index is 12.3. The fraction of sp³-hybridized carbons (Fsp3) is 0.263. The molecule has 0 atom stereocenters. The van der Waals surface area contributed by atoms with Crippen molar-refractivity contribution in [3.05, 3.63) is 48.0 Å². The molecule has 1 amide bonds. The molecule has 0 aliphatic heterocycles. The van der Waals surface area contributed by atoms with Crippen molar-refractivity contribution in [2.45, 2.75) is 23.1 Å². The number of amides is 1. The van der Waals surface area contributed by atoms with E-state index in [1.807, 2.05) is 31.2 Å². The first-order valence-electron chi connectivity index (χ1n) is 8.58. The second-order valence-corrected chi connectivity index (χ2v) is 10.7. The van der Waals surface area contributed by atoms with Gasteiger partial charge in [-0.15, -0.1) is 11.8 Å². The van der Waals surface area contributed by atoms with E-state index < -0.39 is 10.0 Å². The minimum atomic E-state index is -3.50. The fourth-order valence-corrected chi connectivity index (χ4v) is 5.18. The molecular weight excluding hydrogens is 414 g/mol. The number of fused-ring (bicyclic) bond motifs is 1. The molecule has 2 aromatic carbocycles. The van der Waals surface area contributed by atoms with E-state index >= 15 is 0 Å². The number of aromatic nitrogens is 1. The van der Waals surface area contributed by atoms with Crippen LogP contribution in [0.15, 0.2) is 52.3 Å². The summed E-state index contributed by atoms with van der Waals surface area (Å²) in [4.78, 5) is 17.9. The van der Waals surface area contributed by atoms with Gasteiger partial charge in [-0.2, -0.15) is 0 Å². The van der Waals surface area contributed by atoms with Gasteiger partial charge in [-0.25, -0.2) is 17.7 Å². The van der Waals surface area contributed by atoms with Crippen LogP contribution in [0.3, 0.4) is 0 Å². The number of hydrogen-bond donors (Lipinski definition) is 1. The normalized spacial score (nSPS) is 11.9. The number of thioether (sulfide) groups is 1. The van der Waals surface area contributed by atoms with Gasteiger partial charge in [0.2, 0.25) is 15.9 Å². The lowest BCUT2D eigenvalue weighted by atomic mass is 10.2. The number of hydrogen-bond acceptors (Lipinski definition) is 6. The Morgan fingerprint density at radius 3 is 2.57 bits per heavy atom. The predicted molar refractivity (Wildman–Crippen MR) is 116 cm³/mol. The van der Waals surface area contributed by atoms with Gasteiger partial charge < -0.3 is 5.32 Å². The van der Waals surface area contributed by atoms with Crippen LogP contribution in [0, 0.1) is 6.92 Å². The molecule has 0 saturated heterocycles. The Morgan fingerprint density at radius 1 is 1.18 bits per heavy atom. The summed E-state index contributed by atoms with van der Waals surface area (Å²) in [6, 6.07) is 13.0. The van der Waals surface area contributed by atoms with Crippen LogP contribution >= 0.6 is 23.1 Å². The van der Waals surface area contributed by atoms with Gasteiger partial charge in [0, 0.05) is 31.2 Å². The quantitative estimate of drug-likeness (QED) is 0.568. The third kappa shape index (κ3) is 4.91. The lowest BCUT2D eigenvalue weighted by Gasteiger charge is -2.10. The van der Waals surface area contributed by atoms with E-state index in [0.717, 1.165) is 4.90 Å². The molecule has 1 aromatic heterocycles. The van der Waals surface area contributed by atoms with Crippen molar-refractivity contribution < 1.29 is 13.2 Å². The van der Waals surface area contributed by atoms with Crippen molar-refractivity contribution in [3.63, 3.8) is 0 Å². The molecule has 1 heterocycles. The van der Waals surface area contributed by atoms with E-state index in [4.69, 9.17) is 0 Å². The van der Waals surface area contributed by atoms with Crippen molar-refractivity contribution in [2.75, 3.05) is 25.2 Å². The summed E-state index contributed by atoms with van der Waals surface area (Å²) in [6.45, 7) is 2.04. The van der Waals surface area contributed by atoms with Crippen LogP contribution in [-0.2, 0) is 14.8 Å². The fourth-order valence-electron chi connectivity index (χ4n) is 2.41. The predicted octanol–water partition coefficient (Wildman–Crippen LogP) is 3.98. The van der Waals surface area contributed by atoms with Gasteiger partial charge in [0.25, 0.3) is 0 Å². The average molecular weight is 436 g/mol. The zero-order chi connectivity index (χ0) is 20.3. The van der Waals surface area contributed by atoms with E-state index in [-0.39, 0.29) is 10.8 Å². The highest BCUT2D eigenvalue weighted by atomic mass is 32.2. The molecule has 0 aliphatic rings. The van der Waals surface area contributed by atoms with Crippen LogP contribution in [0.2, 0.25) is 0 Å². The molecule has 0 unspecified atom stereocenters. The van der Waals surface area contributed by atoms with Crippen LogP contribution in [0.25, 0.3) is 10.2 Å². The highest BCUT2D eigenvalue weighted by molar-refractivity contribution is 7.99. The molecule has 3 rings (SSSR count). The van der Waals surface area contributed by atoms with E-state index in [1.54, 1.807) is 23.9 Å². The van der Waals surface area contributed by atoms with Gasteiger partial charge in [-0.05, 0) is 37.3 Å². The second-order valence-electron chi connectivity index (χ2n) is 6.40. The number of nitrogens with zero attached hydrogens (tertiary/aromatic N) is 2. The first-order valence-corrected chi connectivity index (χ1v) is 11.8. The molecule has 0 saturated carbocycles. The number of anilines is 1. The SMILES string of the molecule is Cc1ccc(SCCC(=O)Nc2nc3ccc(S(=O)(=O)N(C)C)cc3s2)cc1. The minimum absolute atomic E-state index is 0.111. The van der Waals surface area contributed by atoms with Crippen LogP contribution in [-0.4, -0.2) is 43.5 Å². The molecule has 6 nitrogen and oxygen atoms in total. The number of sulfonamides is 1. The standard InChI is InChI=1S/C19H21N3O3S3/c1-13-4-6-14(7-5-13)26-11-10-18(23)21-19-20-16-9-8-15(12-17(16)27-19)28(24,25)22(2)3/h4-9,12H,10-11H2,1-3H3,(H,20,21,23). The molecule has 0 aliphatic carbocycles. The van der Waals surface area contributed by atoms with Crippen LogP contribution < -0.4 is 5.32 Å². The largest absolute Gasteiger partial charge is 0.302 e. The number of rotatable bonds is 7. The Bertz CT molecular complexity index is 1090. The summed E-state index contributed by atoms with van der Waals surface area (Å²) in [5, 5.41) is 3.27. The van der Waals surface area contributed by atoms with Crippen molar-refractivity contribution in [1.29, 1.82) is 0 Å². The van der Waals surface area contributed by atoms with E-state index in [2.05, 4.69) is 10.3 Å². The molecule has 0 bridgehead atoms. The smallest absolute Gasteiger partial charge is 0.242 e. The number of benzene rings is 2. The van der Waals surface area contributed by atoms with Crippen molar-refractivity contribution in [1.82, 2.24) is 9.29 Å². The first kappa shape index (κ1) is 20.8. The van der Waals surface area contributed by atoms with Crippen LogP contribution in [0.4, 0.5) is 5.13 Å². The zero-order valence-electron chi connectivity index (χ0n) is 15.8. The highest BCUT2D eigenvalue weighted by Gasteiger charge is 2.18. The Morgan fingerprint density at radius 2 is 1.89 bits per heavy atom. The maximum atomic E-state index is 12.3. The molecule has 0 fully saturated rings. The summed E-state index contributed by atoms with van der Waals surface area (Å²) < 4.78 is 26.4. The molecule has 9 heteroatoms. The van der Waals surface area contributed by atoms with Gasteiger partial charge in [-0.1, -0.05) is 29.0 Å². The lowest BCUT2D eigenvalue weighted by Crippen LogP contribution is -2.22. The molecule has 0 spiro atoms. The van der Waals surface area contributed by atoms with Crippen molar-refractivity contribution in [2.24, 2.45) is 0 Å². The molecule has 0 radical (unpaired) electrons. The van der Waals surface area contributed by atoms with E-state index in [1.165, 1.54) is 41.4 Å². The van der Waals surface area contributed by atoms with Gasteiger partial charge in [0.1, 0.15) is 0 Å². The average Bonchev–Trinajstić information content (AvgIpc) is 3.04. The van der Waals surface area contributed by atoms with Crippen LogP contribution in [0.1, 0.15) is 12.0 Å². The maximum Gasteiger partial charge on any atom is 0.242 e. The van der Waals surface area contributed by atoms with Crippen molar-refractivity contribution in [3.8, 4) is 0 Å². The summed E-state index contributed by atoms with van der Waals surface area (Å²) in [5.74, 6) is 0.560. The summed E-state index contributed by atoms with van der Waals surface area (Å²) in [7, 11) is -0.516. The number of nitrogens with one attached hydrogen (secondary N) is 1. The van der Waals surface area contributed by atoms with Gasteiger partial charge in [-0.3, -0.25) is 4.79 Å². The monoisotopic (exact) mass is 435 g/mol. The number of thiazole rings is 1. The van der Waals surface area contributed by atoms with Crippen LogP contribution in [0.5, 0.6) is 0 Å².